The molecule has 0 saturated carbocycles. The van der Waals surface area contributed by atoms with Gasteiger partial charge in [-0.3, -0.25) is 4.79 Å². The van der Waals surface area contributed by atoms with Gasteiger partial charge in [0.1, 0.15) is 5.82 Å². The second-order valence-electron chi connectivity index (χ2n) is 3.61. The molecule has 0 saturated heterocycles. The summed E-state index contributed by atoms with van der Waals surface area (Å²) in [5, 5.41) is 11.1. The van der Waals surface area contributed by atoms with E-state index in [0.29, 0.717) is 5.56 Å². The predicted octanol–water partition coefficient (Wildman–Crippen LogP) is 1.05. The van der Waals surface area contributed by atoms with Crippen molar-refractivity contribution in [3.8, 4) is 0 Å². The Labute approximate surface area is 104 Å². The number of halogens is 1. The number of aliphatic carboxylic acids is 1. The number of hydrogen-bond acceptors (Lipinski definition) is 3. The molecule has 0 heterocycles. The lowest BCUT2D eigenvalue weighted by atomic mass is 10.2. The zero-order valence-corrected chi connectivity index (χ0v) is 9.85. The van der Waals surface area contributed by atoms with Crippen LogP contribution in [0.15, 0.2) is 24.3 Å². The molecule has 1 unspecified atom stereocenters. The Kier molecular flexibility index (Phi) is 5.26. The number of carbonyl (C=O) groups is 2. The molecule has 0 fully saturated rings. The summed E-state index contributed by atoms with van der Waals surface area (Å²) in [6, 6.07) is 5.12. The summed E-state index contributed by atoms with van der Waals surface area (Å²) < 4.78 is 17.5. The van der Waals surface area contributed by atoms with Gasteiger partial charge in [-0.25, -0.2) is 9.18 Å². The molecule has 0 bridgehead atoms. The van der Waals surface area contributed by atoms with Crippen molar-refractivity contribution in [2.45, 2.75) is 13.0 Å². The van der Waals surface area contributed by atoms with E-state index in [9.17, 15) is 14.0 Å². The van der Waals surface area contributed by atoms with E-state index in [1.54, 1.807) is 0 Å². The summed E-state index contributed by atoms with van der Waals surface area (Å²) >= 11 is 0. The number of benzene rings is 1. The van der Waals surface area contributed by atoms with Gasteiger partial charge in [-0.05, 0) is 31.2 Å². The molecule has 0 aliphatic rings. The maximum Gasteiger partial charge on any atom is 0.332 e. The van der Waals surface area contributed by atoms with Gasteiger partial charge in [-0.2, -0.15) is 0 Å². The Morgan fingerprint density at radius 2 is 2.00 bits per heavy atom. The molecule has 0 aliphatic heterocycles. The SMILES string of the molecule is CC(OCCNC(=O)c1ccc(F)cc1)C(=O)O. The fraction of sp³-hybridized carbons (Fsp3) is 0.333. The molecule has 0 spiro atoms. The van der Waals surface area contributed by atoms with Crippen LogP contribution < -0.4 is 5.32 Å². The maximum atomic E-state index is 12.6. The molecule has 5 nitrogen and oxygen atoms in total. The molecule has 0 radical (unpaired) electrons. The molecule has 98 valence electrons. The van der Waals surface area contributed by atoms with Crippen LogP contribution in [0, 0.1) is 5.82 Å². The minimum absolute atomic E-state index is 0.0976. The summed E-state index contributed by atoms with van der Waals surface area (Å²) in [6.07, 6.45) is -0.910. The van der Waals surface area contributed by atoms with Crippen LogP contribution in [0.2, 0.25) is 0 Å². The van der Waals surface area contributed by atoms with Crippen molar-refractivity contribution in [1.29, 1.82) is 0 Å². The van der Waals surface area contributed by atoms with E-state index in [4.69, 9.17) is 9.84 Å². The summed E-state index contributed by atoms with van der Waals surface area (Å²) in [6.45, 7) is 1.69. The van der Waals surface area contributed by atoms with Crippen LogP contribution in [0.4, 0.5) is 4.39 Å². The van der Waals surface area contributed by atoms with Gasteiger partial charge in [0.2, 0.25) is 0 Å². The van der Waals surface area contributed by atoms with Gasteiger partial charge in [0, 0.05) is 12.1 Å². The fourth-order valence-corrected chi connectivity index (χ4v) is 1.17. The van der Waals surface area contributed by atoms with Crippen molar-refractivity contribution in [2.75, 3.05) is 13.2 Å². The quantitative estimate of drug-likeness (QED) is 0.745. The van der Waals surface area contributed by atoms with E-state index in [0.717, 1.165) is 0 Å². The summed E-state index contributed by atoms with van der Waals surface area (Å²) in [5.74, 6) is -1.83. The largest absolute Gasteiger partial charge is 0.479 e. The van der Waals surface area contributed by atoms with E-state index >= 15 is 0 Å². The number of rotatable bonds is 6. The van der Waals surface area contributed by atoms with Crippen molar-refractivity contribution >= 4 is 11.9 Å². The molecule has 0 aliphatic carbocycles. The van der Waals surface area contributed by atoms with Gasteiger partial charge < -0.3 is 15.2 Å². The third-order valence-corrected chi connectivity index (χ3v) is 2.21. The highest BCUT2D eigenvalue weighted by Crippen LogP contribution is 2.02. The van der Waals surface area contributed by atoms with E-state index < -0.39 is 17.9 Å². The lowest BCUT2D eigenvalue weighted by Gasteiger charge is -2.09. The van der Waals surface area contributed by atoms with Gasteiger partial charge in [0.15, 0.2) is 6.10 Å². The third kappa shape index (κ3) is 4.50. The molecule has 1 atom stereocenters. The molecule has 2 N–H and O–H groups in total. The lowest BCUT2D eigenvalue weighted by Crippen LogP contribution is -2.30. The number of hydrogen-bond donors (Lipinski definition) is 2. The second kappa shape index (κ2) is 6.70. The van der Waals surface area contributed by atoms with Crippen LogP contribution >= 0.6 is 0 Å². The van der Waals surface area contributed by atoms with Crippen LogP contribution in [-0.4, -0.2) is 36.2 Å². The fourth-order valence-electron chi connectivity index (χ4n) is 1.17. The van der Waals surface area contributed by atoms with E-state index in [1.807, 2.05) is 0 Å². The van der Waals surface area contributed by atoms with Crippen molar-refractivity contribution in [2.24, 2.45) is 0 Å². The van der Waals surface area contributed by atoms with Crippen LogP contribution in [0.25, 0.3) is 0 Å². The van der Waals surface area contributed by atoms with Crippen LogP contribution in [0.1, 0.15) is 17.3 Å². The van der Waals surface area contributed by atoms with Gasteiger partial charge in [-0.15, -0.1) is 0 Å². The first kappa shape index (κ1) is 14.1. The minimum atomic E-state index is -1.06. The van der Waals surface area contributed by atoms with E-state index in [1.165, 1.54) is 31.2 Å². The number of nitrogens with one attached hydrogen (secondary N) is 1. The second-order valence-corrected chi connectivity index (χ2v) is 3.61. The van der Waals surface area contributed by atoms with Crippen molar-refractivity contribution < 1.29 is 23.8 Å². The highest BCUT2D eigenvalue weighted by atomic mass is 19.1. The first-order valence-corrected chi connectivity index (χ1v) is 5.39. The Balaban J connectivity index is 2.29. The molecular weight excluding hydrogens is 241 g/mol. The Morgan fingerprint density at radius 1 is 1.39 bits per heavy atom. The minimum Gasteiger partial charge on any atom is -0.479 e. The molecule has 1 amide bonds. The van der Waals surface area contributed by atoms with E-state index in [-0.39, 0.29) is 19.1 Å². The molecule has 6 heteroatoms. The van der Waals surface area contributed by atoms with Crippen LogP contribution in [0.5, 0.6) is 0 Å². The van der Waals surface area contributed by atoms with Crippen LogP contribution in [-0.2, 0) is 9.53 Å². The predicted molar refractivity (Wildman–Crippen MR) is 61.8 cm³/mol. The van der Waals surface area contributed by atoms with Crippen molar-refractivity contribution in [3.05, 3.63) is 35.6 Å². The molecule has 1 aromatic carbocycles. The van der Waals surface area contributed by atoms with Gasteiger partial charge >= 0.3 is 5.97 Å². The number of amides is 1. The number of carbonyl (C=O) groups excluding carboxylic acids is 1. The standard InChI is InChI=1S/C12H14FNO4/c1-8(12(16)17)18-7-6-14-11(15)9-2-4-10(13)5-3-9/h2-5,8H,6-7H2,1H3,(H,14,15)(H,16,17). The first-order chi connectivity index (χ1) is 8.50. The Hall–Kier alpha value is -1.95. The topological polar surface area (TPSA) is 75.6 Å². The average molecular weight is 255 g/mol. The molecular formula is C12H14FNO4. The van der Waals surface area contributed by atoms with E-state index in [2.05, 4.69) is 5.32 Å². The Morgan fingerprint density at radius 3 is 2.56 bits per heavy atom. The summed E-state index contributed by atoms with van der Waals surface area (Å²) in [4.78, 5) is 22.0. The molecule has 1 aromatic rings. The van der Waals surface area contributed by atoms with Crippen LogP contribution in [0.3, 0.4) is 0 Å². The number of ether oxygens (including phenoxy) is 1. The zero-order chi connectivity index (χ0) is 13.5. The number of carboxylic acid groups (broad SMARTS) is 1. The summed E-state index contributed by atoms with van der Waals surface area (Å²) in [7, 11) is 0. The highest BCUT2D eigenvalue weighted by molar-refractivity contribution is 5.94. The summed E-state index contributed by atoms with van der Waals surface area (Å²) in [5.41, 5.74) is 0.336. The van der Waals surface area contributed by atoms with Crippen molar-refractivity contribution in [1.82, 2.24) is 5.32 Å². The smallest absolute Gasteiger partial charge is 0.332 e. The molecule has 0 aromatic heterocycles. The normalized spacial score (nSPS) is 11.9. The first-order valence-electron chi connectivity index (χ1n) is 5.39. The zero-order valence-electron chi connectivity index (χ0n) is 9.85. The Bertz CT molecular complexity index is 419. The maximum absolute atomic E-state index is 12.6. The molecule has 18 heavy (non-hydrogen) atoms. The third-order valence-electron chi connectivity index (χ3n) is 2.21. The average Bonchev–Trinajstić information content (AvgIpc) is 2.34. The lowest BCUT2D eigenvalue weighted by molar-refractivity contribution is -0.148. The van der Waals surface area contributed by atoms with Crippen molar-refractivity contribution in [3.63, 3.8) is 0 Å². The number of carboxylic acids is 1. The van der Waals surface area contributed by atoms with Gasteiger partial charge in [0.25, 0.3) is 5.91 Å². The highest BCUT2D eigenvalue weighted by Gasteiger charge is 2.10. The molecule has 1 rings (SSSR count). The van der Waals surface area contributed by atoms with Gasteiger partial charge in [-0.1, -0.05) is 0 Å². The monoisotopic (exact) mass is 255 g/mol. The van der Waals surface area contributed by atoms with Gasteiger partial charge in [0.05, 0.1) is 6.61 Å².